The van der Waals surface area contributed by atoms with Crippen molar-refractivity contribution < 1.29 is 0 Å². The van der Waals surface area contributed by atoms with Crippen LogP contribution in [0.3, 0.4) is 0 Å². The molecule has 2 aromatic rings. The van der Waals surface area contributed by atoms with Crippen LogP contribution in [0.4, 0.5) is 0 Å². The van der Waals surface area contributed by atoms with Gasteiger partial charge in [0.05, 0.1) is 17.4 Å². The van der Waals surface area contributed by atoms with Gasteiger partial charge in [0.15, 0.2) is 4.60 Å². The molecule has 0 aromatic carbocycles. The van der Waals surface area contributed by atoms with E-state index in [1.807, 2.05) is 5.38 Å². The molecule has 0 saturated carbocycles. The smallest absolute Gasteiger partial charge is 0.153 e. The molecule has 0 aliphatic heterocycles. The molecule has 2 aromatic heterocycles. The van der Waals surface area contributed by atoms with Crippen molar-refractivity contribution in [3.05, 3.63) is 21.4 Å². The molecule has 0 fully saturated rings. The van der Waals surface area contributed by atoms with Crippen molar-refractivity contribution in [2.24, 2.45) is 12.8 Å². The Morgan fingerprint density at radius 2 is 2.36 bits per heavy atom. The predicted octanol–water partition coefficient (Wildman–Crippen LogP) is 0.477. The first-order valence-corrected chi connectivity index (χ1v) is 5.40. The molecule has 1 unspecified atom stereocenters. The van der Waals surface area contributed by atoms with E-state index in [-0.39, 0.29) is 6.04 Å². The number of halogens is 1. The van der Waals surface area contributed by atoms with Gasteiger partial charge in [-0.3, -0.25) is 0 Å². The third-order valence-corrected chi connectivity index (χ3v) is 2.90. The van der Waals surface area contributed by atoms with E-state index < -0.39 is 0 Å². The van der Waals surface area contributed by atoms with Gasteiger partial charge >= 0.3 is 0 Å². The molecular weight excluding hydrogens is 268 g/mol. The summed E-state index contributed by atoms with van der Waals surface area (Å²) < 4.78 is 6.02. The molecule has 0 bridgehead atoms. The van der Waals surface area contributed by atoms with E-state index in [0.717, 1.165) is 11.4 Å². The van der Waals surface area contributed by atoms with Gasteiger partial charge in [-0.2, -0.15) is 0 Å². The minimum Gasteiger partial charge on any atom is -0.318 e. The highest BCUT2D eigenvalue weighted by Gasteiger charge is 2.19. The Labute approximate surface area is 92.4 Å². The maximum atomic E-state index is 5.98. The van der Waals surface area contributed by atoms with Crippen LogP contribution in [0.15, 0.2) is 9.98 Å². The van der Waals surface area contributed by atoms with E-state index in [1.54, 1.807) is 11.7 Å². The Kier molecular flexibility index (Phi) is 2.57. The van der Waals surface area contributed by atoms with Gasteiger partial charge in [-0.15, -0.1) is 10.2 Å². The molecule has 74 valence electrons. The average molecular weight is 275 g/mol. The number of nitrogens with two attached hydrogens (primary N) is 1. The molecule has 2 rings (SSSR count). The van der Waals surface area contributed by atoms with Gasteiger partial charge in [-0.25, -0.2) is 4.68 Å². The third-order valence-electron chi connectivity index (χ3n) is 1.82. The summed E-state index contributed by atoms with van der Waals surface area (Å²) in [6, 6.07) is -0.344. The van der Waals surface area contributed by atoms with Gasteiger partial charge in [0.25, 0.3) is 0 Å². The highest BCUT2D eigenvalue weighted by atomic mass is 79.9. The number of aryl methyl sites for hydroxylation is 1. The summed E-state index contributed by atoms with van der Waals surface area (Å²) in [5.74, 6) is 0. The summed E-state index contributed by atoms with van der Waals surface area (Å²) in [6.07, 6.45) is 0. The van der Waals surface area contributed by atoms with Gasteiger partial charge in [0.2, 0.25) is 0 Å². The van der Waals surface area contributed by atoms with Crippen LogP contribution in [0, 0.1) is 0 Å². The quantitative estimate of drug-likeness (QED) is 0.861. The van der Waals surface area contributed by atoms with Gasteiger partial charge in [0, 0.05) is 12.4 Å². The first-order chi connectivity index (χ1) is 6.70. The minimum atomic E-state index is -0.344. The van der Waals surface area contributed by atoms with E-state index in [9.17, 15) is 0 Å². The van der Waals surface area contributed by atoms with Crippen molar-refractivity contribution in [3.63, 3.8) is 0 Å². The summed E-state index contributed by atoms with van der Waals surface area (Å²) >= 11 is 4.55. The van der Waals surface area contributed by atoms with Gasteiger partial charge in [-0.05, 0) is 27.5 Å². The molecule has 0 saturated heterocycles. The van der Waals surface area contributed by atoms with Gasteiger partial charge < -0.3 is 5.73 Å². The van der Waals surface area contributed by atoms with Crippen LogP contribution in [-0.4, -0.2) is 24.6 Å². The van der Waals surface area contributed by atoms with Crippen LogP contribution < -0.4 is 5.73 Å². The van der Waals surface area contributed by atoms with Crippen molar-refractivity contribution in [1.29, 1.82) is 0 Å². The normalized spacial score (nSPS) is 13.1. The summed E-state index contributed by atoms with van der Waals surface area (Å²) in [6.45, 7) is 0. The molecule has 0 aliphatic carbocycles. The third kappa shape index (κ3) is 1.56. The Bertz CT molecular complexity index is 404. The lowest BCUT2D eigenvalue weighted by Crippen LogP contribution is -2.16. The maximum absolute atomic E-state index is 5.98. The van der Waals surface area contributed by atoms with Crippen molar-refractivity contribution in [2.45, 2.75) is 6.04 Å². The molecule has 2 N–H and O–H groups in total. The predicted molar refractivity (Wildman–Crippen MR) is 54.6 cm³/mol. The highest BCUT2D eigenvalue weighted by Crippen LogP contribution is 2.23. The topological polar surface area (TPSA) is 82.5 Å². The molecule has 0 amide bonds. The molecular formula is C6H7BrN6S. The summed E-state index contributed by atoms with van der Waals surface area (Å²) in [5, 5.41) is 13.4. The molecule has 14 heavy (non-hydrogen) atoms. The van der Waals surface area contributed by atoms with E-state index in [4.69, 9.17) is 5.73 Å². The van der Waals surface area contributed by atoms with Crippen molar-refractivity contribution >= 4 is 27.5 Å². The summed E-state index contributed by atoms with van der Waals surface area (Å²) in [4.78, 5) is 0. The zero-order valence-corrected chi connectivity index (χ0v) is 9.66. The zero-order chi connectivity index (χ0) is 10.1. The highest BCUT2D eigenvalue weighted by molar-refractivity contribution is 9.10. The van der Waals surface area contributed by atoms with Crippen LogP contribution in [-0.2, 0) is 7.05 Å². The van der Waals surface area contributed by atoms with Crippen LogP contribution in [0.5, 0.6) is 0 Å². The standard InChI is InChI=1S/C6H7BrN6S/c1-13-5(6(7)10-11-13)4(8)3-2-14-12-9-3/h2,4H,8H2,1H3. The fourth-order valence-electron chi connectivity index (χ4n) is 1.12. The molecule has 0 aliphatic rings. The van der Waals surface area contributed by atoms with Gasteiger partial charge in [-0.1, -0.05) is 9.70 Å². The fourth-order valence-corrected chi connectivity index (χ4v) is 2.18. The second-order valence-corrected chi connectivity index (χ2v) is 4.06. The maximum Gasteiger partial charge on any atom is 0.153 e. The Balaban J connectivity index is 2.41. The minimum absolute atomic E-state index is 0.344. The SMILES string of the molecule is Cn1nnc(Br)c1C(N)c1csnn1. The van der Waals surface area contributed by atoms with Crippen LogP contribution in [0.1, 0.15) is 17.4 Å². The lowest BCUT2D eigenvalue weighted by atomic mass is 10.2. The number of nitrogens with zero attached hydrogens (tertiary/aromatic N) is 5. The largest absolute Gasteiger partial charge is 0.318 e. The summed E-state index contributed by atoms with van der Waals surface area (Å²) in [7, 11) is 1.78. The van der Waals surface area contributed by atoms with Crippen molar-refractivity contribution in [1.82, 2.24) is 24.6 Å². The monoisotopic (exact) mass is 274 g/mol. The summed E-state index contributed by atoms with van der Waals surface area (Å²) in [5.41, 5.74) is 7.49. The molecule has 8 heteroatoms. The second kappa shape index (κ2) is 3.71. The zero-order valence-electron chi connectivity index (χ0n) is 7.25. The lowest BCUT2D eigenvalue weighted by Gasteiger charge is -2.07. The average Bonchev–Trinajstić information content (AvgIpc) is 2.75. The fraction of sp³-hybridized carbons (Fsp3) is 0.333. The van der Waals surface area contributed by atoms with E-state index >= 15 is 0 Å². The molecule has 6 nitrogen and oxygen atoms in total. The second-order valence-electron chi connectivity index (χ2n) is 2.70. The number of hydrogen-bond donors (Lipinski definition) is 1. The van der Waals surface area contributed by atoms with Crippen molar-refractivity contribution in [2.75, 3.05) is 0 Å². The van der Waals surface area contributed by atoms with E-state index in [2.05, 4.69) is 35.8 Å². The lowest BCUT2D eigenvalue weighted by molar-refractivity contribution is 0.643. The van der Waals surface area contributed by atoms with Crippen molar-refractivity contribution in [3.8, 4) is 0 Å². The Morgan fingerprint density at radius 3 is 2.86 bits per heavy atom. The number of hydrogen-bond acceptors (Lipinski definition) is 6. The first-order valence-electron chi connectivity index (χ1n) is 3.77. The van der Waals surface area contributed by atoms with Gasteiger partial charge in [0.1, 0.15) is 0 Å². The molecule has 2 heterocycles. The van der Waals surface area contributed by atoms with Crippen LogP contribution in [0.25, 0.3) is 0 Å². The molecule has 1 atom stereocenters. The van der Waals surface area contributed by atoms with E-state index in [0.29, 0.717) is 4.60 Å². The Hall–Kier alpha value is -0.860. The molecule has 0 spiro atoms. The number of aromatic nitrogens is 5. The first kappa shape index (κ1) is 9.69. The van der Waals surface area contributed by atoms with E-state index in [1.165, 1.54) is 11.5 Å². The van der Waals surface area contributed by atoms with Crippen LogP contribution >= 0.6 is 27.5 Å². The number of rotatable bonds is 2. The Morgan fingerprint density at radius 1 is 1.57 bits per heavy atom. The van der Waals surface area contributed by atoms with Crippen LogP contribution in [0.2, 0.25) is 0 Å². The molecule has 0 radical (unpaired) electrons.